The second kappa shape index (κ2) is 2.87. The summed E-state index contributed by atoms with van der Waals surface area (Å²) in [4.78, 5) is 10.1. The average Bonchev–Trinajstić information content (AvgIpc) is 2.13. The molecule has 0 radical (unpaired) electrons. The lowest BCUT2D eigenvalue weighted by Crippen LogP contribution is -1.88. The van der Waals surface area contributed by atoms with E-state index in [0.29, 0.717) is 5.57 Å². The fraction of sp³-hybridized carbons (Fsp3) is 0. The molecule has 0 saturated carbocycles. The van der Waals surface area contributed by atoms with Crippen molar-refractivity contribution in [3.63, 3.8) is 0 Å². The SMILES string of the molecule is O=CC1=CC=CNC=C1.[H+]. The van der Waals surface area contributed by atoms with E-state index in [1.54, 1.807) is 30.6 Å². The third kappa shape index (κ3) is 1.57. The zero-order chi connectivity index (χ0) is 6.53. The van der Waals surface area contributed by atoms with E-state index in [4.69, 9.17) is 0 Å². The Kier molecular flexibility index (Phi) is 1.85. The second-order valence-corrected chi connectivity index (χ2v) is 1.64. The Morgan fingerprint density at radius 3 is 3.22 bits per heavy atom. The molecule has 1 aliphatic heterocycles. The van der Waals surface area contributed by atoms with Crippen LogP contribution in [0.3, 0.4) is 0 Å². The zero-order valence-electron chi connectivity index (χ0n) is 5.87. The number of hydrogen-bond acceptors (Lipinski definition) is 2. The molecule has 0 spiro atoms. The minimum atomic E-state index is 0. The first kappa shape index (κ1) is 5.82. The highest BCUT2D eigenvalue weighted by Gasteiger charge is 1.86. The summed E-state index contributed by atoms with van der Waals surface area (Å²) in [6, 6.07) is 0. The van der Waals surface area contributed by atoms with Gasteiger partial charge < -0.3 is 5.32 Å². The van der Waals surface area contributed by atoms with Crippen LogP contribution in [0.15, 0.2) is 36.2 Å². The smallest absolute Gasteiger partial charge is 0.368 e. The summed E-state index contributed by atoms with van der Waals surface area (Å²) in [6.07, 6.45) is 9.52. The van der Waals surface area contributed by atoms with Gasteiger partial charge in [-0.1, -0.05) is 6.08 Å². The van der Waals surface area contributed by atoms with Gasteiger partial charge in [-0.05, 0) is 12.2 Å². The minimum Gasteiger partial charge on any atom is -0.368 e. The Morgan fingerprint density at radius 2 is 2.44 bits per heavy atom. The molecule has 1 aliphatic rings. The Bertz CT molecular complexity index is 194. The van der Waals surface area contributed by atoms with E-state index in [0.717, 1.165) is 6.29 Å². The van der Waals surface area contributed by atoms with Crippen LogP contribution in [0, 0.1) is 0 Å². The molecule has 0 bridgehead atoms. The molecule has 0 saturated heterocycles. The Balaban J connectivity index is 0.000000810. The number of aldehydes is 1. The Morgan fingerprint density at radius 1 is 1.56 bits per heavy atom. The van der Waals surface area contributed by atoms with Crippen LogP contribution >= 0.6 is 0 Å². The van der Waals surface area contributed by atoms with Crippen LogP contribution in [0.5, 0.6) is 0 Å². The lowest BCUT2D eigenvalue weighted by molar-refractivity contribution is -0.104. The predicted molar refractivity (Wildman–Crippen MR) is 36.7 cm³/mol. The fourth-order valence-corrected chi connectivity index (χ4v) is 0.549. The van der Waals surface area contributed by atoms with E-state index >= 15 is 0 Å². The first-order valence-electron chi connectivity index (χ1n) is 2.68. The highest BCUT2D eigenvalue weighted by molar-refractivity contribution is 5.78. The monoisotopic (exact) mass is 122 g/mol. The van der Waals surface area contributed by atoms with Gasteiger partial charge in [0.25, 0.3) is 0 Å². The van der Waals surface area contributed by atoms with Crippen LogP contribution in [-0.2, 0) is 4.79 Å². The van der Waals surface area contributed by atoms with Crippen molar-refractivity contribution in [3.8, 4) is 0 Å². The fourth-order valence-electron chi connectivity index (χ4n) is 0.549. The summed E-state index contributed by atoms with van der Waals surface area (Å²) >= 11 is 0. The van der Waals surface area contributed by atoms with E-state index in [1.807, 2.05) is 0 Å². The molecule has 0 aromatic carbocycles. The quantitative estimate of drug-likeness (QED) is 0.522. The summed E-state index contributed by atoms with van der Waals surface area (Å²) in [5.74, 6) is 0. The number of hydrogen-bond donors (Lipinski definition) is 1. The van der Waals surface area contributed by atoms with Gasteiger partial charge in [-0.2, -0.15) is 0 Å². The molecule has 9 heavy (non-hydrogen) atoms. The van der Waals surface area contributed by atoms with Crippen molar-refractivity contribution in [1.82, 2.24) is 5.32 Å². The van der Waals surface area contributed by atoms with Gasteiger partial charge in [0.05, 0.1) is 0 Å². The molecule has 0 aromatic rings. The summed E-state index contributed by atoms with van der Waals surface area (Å²) < 4.78 is 0. The van der Waals surface area contributed by atoms with Crippen molar-refractivity contribution in [2.24, 2.45) is 0 Å². The van der Waals surface area contributed by atoms with Crippen molar-refractivity contribution in [1.29, 1.82) is 0 Å². The number of nitrogens with one attached hydrogen (secondary N) is 1. The minimum absolute atomic E-state index is 0. The van der Waals surface area contributed by atoms with Gasteiger partial charge in [-0.25, -0.2) is 0 Å². The van der Waals surface area contributed by atoms with Crippen molar-refractivity contribution in [2.45, 2.75) is 0 Å². The second-order valence-electron chi connectivity index (χ2n) is 1.64. The standard InChI is InChI=1S/C7H7NO/c9-6-7-2-1-4-8-5-3-7/h1-6,8H/p+1. The van der Waals surface area contributed by atoms with Crippen LogP contribution < -0.4 is 5.32 Å². The van der Waals surface area contributed by atoms with E-state index < -0.39 is 0 Å². The lowest BCUT2D eigenvalue weighted by Gasteiger charge is -1.81. The molecule has 0 atom stereocenters. The molecule has 0 unspecified atom stereocenters. The molecule has 46 valence electrons. The van der Waals surface area contributed by atoms with Crippen LogP contribution in [0.4, 0.5) is 0 Å². The van der Waals surface area contributed by atoms with E-state index in [2.05, 4.69) is 5.32 Å². The van der Waals surface area contributed by atoms with Gasteiger partial charge in [-0.3, -0.25) is 4.79 Å². The maximum Gasteiger partial charge on any atom is 1.00 e. The lowest BCUT2D eigenvalue weighted by atomic mass is 10.3. The van der Waals surface area contributed by atoms with Crippen LogP contribution in [0.1, 0.15) is 1.43 Å². The van der Waals surface area contributed by atoms with Gasteiger partial charge in [0.2, 0.25) is 0 Å². The molecule has 0 aliphatic carbocycles. The zero-order valence-corrected chi connectivity index (χ0v) is 4.87. The molecule has 2 nitrogen and oxygen atoms in total. The summed E-state index contributed by atoms with van der Waals surface area (Å²) in [7, 11) is 0. The highest BCUT2D eigenvalue weighted by Crippen LogP contribution is 1.94. The predicted octanol–water partition coefficient (Wildman–Crippen LogP) is 0.855. The molecule has 0 fully saturated rings. The van der Waals surface area contributed by atoms with Gasteiger partial charge in [0.15, 0.2) is 0 Å². The first-order chi connectivity index (χ1) is 4.43. The number of rotatable bonds is 1. The number of carbonyl (C=O) groups is 1. The number of carbonyl (C=O) groups excluding carboxylic acids is 1. The van der Waals surface area contributed by atoms with Crippen molar-refractivity contribution in [3.05, 3.63) is 36.2 Å². The topological polar surface area (TPSA) is 29.1 Å². The summed E-state index contributed by atoms with van der Waals surface area (Å²) in [5, 5.41) is 2.84. The molecule has 1 heterocycles. The van der Waals surface area contributed by atoms with Crippen molar-refractivity contribution >= 4 is 6.29 Å². The Hall–Kier alpha value is -1.31. The first-order valence-corrected chi connectivity index (χ1v) is 2.68. The van der Waals surface area contributed by atoms with Gasteiger partial charge in [0, 0.05) is 18.0 Å². The van der Waals surface area contributed by atoms with Gasteiger partial charge >= 0.3 is 1.43 Å². The Labute approximate surface area is 55.1 Å². The normalized spacial score (nSPS) is 15.8. The van der Waals surface area contributed by atoms with Crippen molar-refractivity contribution in [2.75, 3.05) is 0 Å². The van der Waals surface area contributed by atoms with Crippen LogP contribution in [0.2, 0.25) is 0 Å². The maximum atomic E-state index is 10.1. The average molecular weight is 122 g/mol. The van der Waals surface area contributed by atoms with Gasteiger partial charge in [0.1, 0.15) is 6.29 Å². The molecule has 1 rings (SSSR count). The largest absolute Gasteiger partial charge is 1.00 e. The summed E-state index contributed by atoms with van der Waals surface area (Å²) in [6.45, 7) is 0. The van der Waals surface area contributed by atoms with E-state index in [1.165, 1.54) is 0 Å². The molecule has 2 heteroatoms. The molecule has 0 amide bonds. The van der Waals surface area contributed by atoms with E-state index in [-0.39, 0.29) is 1.43 Å². The third-order valence-electron chi connectivity index (χ3n) is 0.989. The highest BCUT2D eigenvalue weighted by atomic mass is 16.1. The molecule has 0 aromatic heterocycles. The number of allylic oxidation sites excluding steroid dienone is 4. The van der Waals surface area contributed by atoms with Crippen molar-refractivity contribution < 1.29 is 6.22 Å². The van der Waals surface area contributed by atoms with E-state index in [9.17, 15) is 4.79 Å². The van der Waals surface area contributed by atoms with Crippen LogP contribution in [0.25, 0.3) is 0 Å². The molecule has 1 N–H and O–H groups in total. The molecular weight excluding hydrogens is 114 g/mol. The van der Waals surface area contributed by atoms with Crippen LogP contribution in [-0.4, -0.2) is 6.29 Å². The third-order valence-corrected chi connectivity index (χ3v) is 0.989. The van der Waals surface area contributed by atoms with Gasteiger partial charge in [-0.15, -0.1) is 0 Å². The summed E-state index contributed by atoms with van der Waals surface area (Å²) in [5.41, 5.74) is 0.677. The maximum absolute atomic E-state index is 10.1. The molecular formula is C7H8NO+.